The zero-order chi connectivity index (χ0) is 37.5. The Morgan fingerprint density at radius 3 is 2.66 bits per heavy atom. The monoisotopic (exact) mass is 720 g/mol. The van der Waals surface area contributed by atoms with Crippen LogP contribution in [0.4, 0.5) is 0 Å². The highest BCUT2D eigenvalue weighted by molar-refractivity contribution is 5.83. The lowest BCUT2D eigenvalue weighted by molar-refractivity contribution is -0.127. The molecular formula is C43H52N4O6. The van der Waals surface area contributed by atoms with Crippen LogP contribution < -0.4 is 20.9 Å². The van der Waals surface area contributed by atoms with Gasteiger partial charge in [-0.25, -0.2) is 0 Å². The number of nitrogens with zero attached hydrogens (tertiary/aromatic N) is 1. The number of nitrogens with two attached hydrogens (primary N) is 2. The lowest BCUT2D eigenvalue weighted by atomic mass is 9.85. The van der Waals surface area contributed by atoms with Gasteiger partial charge in [0.25, 0.3) is 0 Å². The number of carbonyl (C=O) groups is 1. The fourth-order valence-electron chi connectivity index (χ4n) is 7.46. The molecule has 0 aliphatic carbocycles. The summed E-state index contributed by atoms with van der Waals surface area (Å²) in [6.07, 6.45) is 11.6. The van der Waals surface area contributed by atoms with Gasteiger partial charge >= 0.3 is 0 Å². The van der Waals surface area contributed by atoms with Crippen molar-refractivity contribution in [3.05, 3.63) is 82.8 Å². The van der Waals surface area contributed by atoms with E-state index < -0.39 is 42.5 Å². The molecule has 280 valence electrons. The number of aliphatic hydroxyl groups excluding tert-OH is 3. The highest BCUT2D eigenvalue weighted by Gasteiger charge is 2.30. The summed E-state index contributed by atoms with van der Waals surface area (Å²) in [5.74, 6) is 9.41. The second kappa shape index (κ2) is 17.5. The average molecular weight is 721 g/mol. The van der Waals surface area contributed by atoms with Crippen LogP contribution in [0.5, 0.6) is 11.5 Å². The van der Waals surface area contributed by atoms with Crippen molar-refractivity contribution in [2.45, 2.75) is 115 Å². The van der Waals surface area contributed by atoms with Gasteiger partial charge in [0.2, 0.25) is 0 Å². The number of H-pyrrole nitrogens is 1. The topological polar surface area (TPSA) is 169 Å². The summed E-state index contributed by atoms with van der Waals surface area (Å²) >= 11 is 0. The third-order valence-electron chi connectivity index (χ3n) is 10.5. The van der Waals surface area contributed by atoms with Crippen LogP contribution in [0.15, 0.2) is 55.0 Å². The summed E-state index contributed by atoms with van der Waals surface area (Å²) in [5.41, 5.74) is 17.2. The largest absolute Gasteiger partial charge is 0.465 e. The number of benzene rings is 2. The van der Waals surface area contributed by atoms with E-state index in [1.807, 2.05) is 60.4 Å². The predicted molar refractivity (Wildman–Crippen MR) is 205 cm³/mol. The van der Waals surface area contributed by atoms with Crippen molar-refractivity contribution in [3.63, 3.8) is 0 Å². The summed E-state index contributed by atoms with van der Waals surface area (Å²) in [6, 6.07) is 11.2. The second-order valence-electron chi connectivity index (χ2n) is 14.5. The number of fused-ring (bicyclic) bond motifs is 5. The lowest BCUT2D eigenvalue weighted by Crippen LogP contribution is -2.32. The lowest BCUT2D eigenvalue weighted by Gasteiger charge is -2.26. The van der Waals surface area contributed by atoms with Gasteiger partial charge < -0.3 is 45.8 Å². The van der Waals surface area contributed by atoms with E-state index in [4.69, 9.17) is 20.9 Å². The number of rotatable bonds is 14. The van der Waals surface area contributed by atoms with Crippen molar-refractivity contribution >= 4 is 16.7 Å². The second-order valence-corrected chi connectivity index (χ2v) is 14.5. The van der Waals surface area contributed by atoms with E-state index in [2.05, 4.69) is 35.8 Å². The number of hydrogen-bond acceptors (Lipinski definition) is 8. The molecule has 2 bridgehead atoms. The summed E-state index contributed by atoms with van der Waals surface area (Å²) in [5, 5.41) is 33.8. The van der Waals surface area contributed by atoms with Crippen LogP contribution in [0.1, 0.15) is 118 Å². The van der Waals surface area contributed by atoms with Crippen molar-refractivity contribution in [1.29, 1.82) is 0 Å². The molecule has 53 heavy (non-hydrogen) atoms. The van der Waals surface area contributed by atoms with Crippen LogP contribution >= 0.6 is 0 Å². The minimum atomic E-state index is -1.07. The summed E-state index contributed by atoms with van der Waals surface area (Å²) < 4.78 is 14.6. The van der Waals surface area contributed by atoms with E-state index in [1.165, 1.54) is 0 Å². The molecule has 8 N–H and O–H groups in total. The molecule has 6 unspecified atom stereocenters. The first-order valence-electron chi connectivity index (χ1n) is 19.0. The number of ketones is 1. The molecule has 10 nitrogen and oxygen atoms in total. The first kappa shape index (κ1) is 38.2. The fraction of sp³-hybridized carbons (Fsp3) is 0.465. The molecular weight excluding hydrogens is 668 g/mol. The van der Waals surface area contributed by atoms with Gasteiger partial charge in [-0.2, -0.15) is 0 Å². The molecule has 6 atom stereocenters. The van der Waals surface area contributed by atoms with Crippen LogP contribution in [0.25, 0.3) is 10.9 Å². The van der Waals surface area contributed by atoms with Gasteiger partial charge in [0.1, 0.15) is 18.0 Å². The quantitative estimate of drug-likeness (QED) is 0.0518. The minimum Gasteiger partial charge on any atom is -0.465 e. The molecule has 2 aromatic heterocycles. The number of aryl methyl sites for hydroxylation is 1. The number of ether oxygens (including phenoxy) is 2. The van der Waals surface area contributed by atoms with Gasteiger partial charge in [-0.15, -0.1) is 0 Å². The van der Waals surface area contributed by atoms with Gasteiger partial charge in [0.15, 0.2) is 17.7 Å². The van der Waals surface area contributed by atoms with Crippen LogP contribution in [-0.2, 0) is 17.6 Å². The van der Waals surface area contributed by atoms with Crippen molar-refractivity contribution < 1.29 is 29.6 Å². The molecule has 0 saturated carbocycles. The number of unbranched alkanes of at least 4 members (excludes halogenated alkanes) is 2. The number of hydrogen-bond donors (Lipinski definition) is 6. The van der Waals surface area contributed by atoms with Gasteiger partial charge in [-0.1, -0.05) is 81.6 Å². The Kier molecular flexibility index (Phi) is 12.6. The standard InChI is InChI=1S/C43H52N4O6/c1-3-5-6-10-34(39(51)23-32(48)8-4-2)38(50)16-11-27-12-18-40-41(20-27)53-43-28(9-7-19-52-40)14-17-37(49)33-15-13-29(42(44)45)21-30(33)22-31-24-46-36-26-47(43)25-35(31)36/h12-13,15,18,20-21,24-26,28,32,34,37,39,42-43,46,48-49,51H,3-6,8-11,16,22-23,44-45H2,1-2H3. The summed E-state index contributed by atoms with van der Waals surface area (Å²) in [4.78, 5) is 17.0. The van der Waals surface area contributed by atoms with E-state index in [0.29, 0.717) is 49.2 Å². The smallest absolute Gasteiger partial charge is 0.190 e. The maximum atomic E-state index is 13.6. The Bertz CT molecular complexity index is 2010. The van der Waals surface area contributed by atoms with Gasteiger partial charge in [0.05, 0.1) is 29.8 Å². The van der Waals surface area contributed by atoms with Crippen molar-refractivity contribution in [2.24, 2.45) is 23.3 Å². The fourth-order valence-corrected chi connectivity index (χ4v) is 7.46. The number of aromatic nitrogens is 2. The average Bonchev–Trinajstić information content (AvgIpc) is 3.74. The number of aliphatic hydroxyl groups is 3. The van der Waals surface area contributed by atoms with Gasteiger partial charge in [-0.05, 0) is 65.6 Å². The normalized spacial score (nSPS) is 19.5. The van der Waals surface area contributed by atoms with Crippen LogP contribution in [0.3, 0.4) is 0 Å². The maximum Gasteiger partial charge on any atom is 0.190 e. The molecule has 0 amide bonds. The van der Waals surface area contributed by atoms with Crippen LogP contribution in [0.2, 0.25) is 0 Å². The van der Waals surface area contributed by atoms with Crippen molar-refractivity contribution in [1.82, 2.24) is 9.55 Å². The third kappa shape index (κ3) is 9.16. The first-order valence-corrected chi connectivity index (χ1v) is 19.0. The van der Waals surface area contributed by atoms with Crippen LogP contribution in [0, 0.1) is 35.7 Å². The number of Topliss-reactive ketones (excluding diaryl/α,β-unsaturated/α-hetero) is 1. The molecule has 2 aromatic carbocycles. The Labute approximate surface area is 311 Å². The Balaban J connectivity index is 1.28. The number of carbonyl (C=O) groups excluding carboxylic acids is 1. The molecule has 2 aliphatic rings. The molecule has 4 heterocycles. The van der Waals surface area contributed by atoms with Gasteiger partial charge in [-0.3, -0.25) is 4.79 Å². The molecule has 10 heteroatoms. The summed E-state index contributed by atoms with van der Waals surface area (Å²) in [6.45, 7) is 4.11. The highest BCUT2D eigenvalue weighted by atomic mass is 16.5. The van der Waals surface area contributed by atoms with Gasteiger partial charge in [0, 0.05) is 49.2 Å². The zero-order valence-electron chi connectivity index (χ0n) is 30.7. The minimum absolute atomic E-state index is 0.000947. The van der Waals surface area contributed by atoms with E-state index in [-0.39, 0.29) is 18.6 Å². The van der Waals surface area contributed by atoms with E-state index in [9.17, 15) is 20.1 Å². The third-order valence-corrected chi connectivity index (χ3v) is 10.5. The SMILES string of the molecule is CCCCCC(C(=O)CCc1ccc2c(c1)OC1C(C#CC(O)c3ccc(C(N)N)cc3Cc3c[nH]c4cn1cc34)CC#CO2)C(O)CC(O)CCC. The van der Waals surface area contributed by atoms with E-state index in [0.717, 1.165) is 58.8 Å². The number of aromatic amines is 1. The highest BCUT2D eigenvalue weighted by Crippen LogP contribution is 2.37. The molecule has 4 aromatic rings. The Morgan fingerprint density at radius 2 is 1.87 bits per heavy atom. The predicted octanol–water partition coefficient (Wildman–Crippen LogP) is 6.07. The molecule has 6 rings (SSSR count). The number of nitrogens with one attached hydrogen (secondary N) is 1. The zero-order valence-corrected chi connectivity index (χ0v) is 30.7. The first-order chi connectivity index (χ1) is 25.6. The molecule has 0 saturated heterocycles. The molecule has 0 radical (unpaired) electrons. The molecule has 0 spiro atoms. The van der Waals surface area contributed by atoms with E-state index >= 15 is 0 Å². The van der Waals surface area contributed by atoms with Crippen LogP contribution in [-0.4, -0.2) is 42.9 Å². The van der Waals surface area contributed by atoms with E-state index in [1.54, 1.807) is 6.07 Å². The Morgan fingerprint density at radius 1 is 1.02 bits per heavy atom. The molecule has 2 aliphatic heterocycles. The summed E-state index contributed by atoms with van der Waals surface area (Å²) in [7, 11) is 0. The van der Waals surface area contributed by atoms with Crippen molar-refractivity contribution in [2.75, 3.05) is 0 Å². The van der Waals surface area contributed by atoms with Crippen molar-refractivity contribution in [3.8, 4) is 35.4 Å². The molecule has 0 fully saturated rings. The maximum absolute atomic E-state index is 13.6. The Hall–Kier alpha value is -4.55.